The van der Waals surface area contributed by atoms with Gasteiger partial charge < -0.3 is 15.1 Å². The molecule has 4 nitrogen and oxygen atoms in total. The summed E-state index contributed by atoms with van der Waals surface area (Å²) in [5.41, 5.74) is 1.23. The predicted molar refractivity (Wildman–Crippen MR) is 100 cm³/mol. The highest BCUT2D eigenvalue weighted by Gasteiger charge is 2.35. The summed E-state index contributed by atoms with van der Waals surface area (Å²) < 4.78 is 0. The highest BCUT2D eigenvalue weighted by molar-refractivity contribution is 5.75. The van der Waals surface area contributed by atoms with E-state index in [2.05, 4.69) is 46.3 Å². The fourth-order valence-corrected chi connectivity index (χ4v) is 4.52. The Hall–Kier alpha value is -1.55. The largest absolute Gasteiger partial charge is 0.335 e. The summed E-state index contributed by atoms with van der Waals surface area (Å²) in [4.78, 5) is 17.8. The molecule has 4 rings (SSSR count). The Kier molecular flexibility index (Phi) is 4.98. The van der Waals surface area contributed by atoms with Gasteiger partial charge in [0.15, 0.2) is 0 Å². The molecular weight excluding hydrogens is 310 g/mol. The summed E-state index contributed by atoms with van der Waals surface area (Å²) in [6.45, 7) is 5.46. The van der Waals surface area contributed by atoms with Crippen molar-refractivity contribution in [2.45, 2.75) is 63.6 Å². The zero-order chi connectivity index (χ0) is 17.2. The van der Waals surface area contributed by atoms with Crippen LogP contribution in [0, 0.1) is 5.92 Å². The van der Waals surface area contributed by atoms with Crippen molar-refractivity contribution < 1.29 is 4.79 Å². The van der Waals surface area contributed by atoms with E-state index in [4.69, 9.17) is 0 Å². The molecule has 25 heavy (non-hydrogen) atoms. The monoisotopic (exact) mass is 341 g/mol. The first-order valence-electron chi connectivity index (χ1n) is 10.1. The highest BCUT2D eigenvalue weighted by Crippen LogP contribution is 2.33. The number of amides is 2. The molecule has 0 radical (unpaired) electrons. The van der Waals surface area contributed by atoms with Crippen molar-refractivity contribution >= 4 is 6.03 Å². The summed E-state index contributed by atoms with van der Waals surface area (Å²) in [7, 11) is 0. The van der Waals surface area contributed by atoms with Crippen molar-refractivity contribution in [1.29, 1.82) is 0 Å². The molecule has 3 atom stereocenters. The summed E-state index contributed by atoms with van der Waals surface area (Å²) in [5, 5.41) is 3.38. The van der Waals surface area contributed by atoms with E-state index < -0.39 is 0 Å². The zero-order valence-electron chi connectivity index (χ0n) is 15.4. The maximum Gasteiger partial charge on any atom is 0.318 e. The van der Waals surface area contributed by atoms with Crippen LogP contribution in [0.3, 0.4) is 0 Å². The van der Waals surface area contributed by atoms with E-state index in [0.717, 1.165) is 25.9 Å². The van der Waals surface area contributed by atoms with Gasteiger partial charge in [0.2, 0.25) is 0 Å². The molecule has 2 saturated heterocycles. The number of fused-ring (bicyclic) bond motifs is 1. The van der Waals surface area contributed by atoms with Crippen LogP contribution in [0.5, 0.6) is 0 Å². The maximum atomic E-state index is 13.1. The lowest BCUT2D eigenvalue weighted by molar-refractivity contribution is 0.145. The second-order valence-corrected chi connectivity index (χ2v) is 8.19. The Bertz CT molecular complexity index is 586. The first-order valence-corrected chi connectivity index (χ1v) is 10.1. The Morgan fingerprint density at radius 2 is 2.00 bits per heavy atom. The van der Waals surface area contributed by atoms with Gasteiger partial charge in [0.1, 0.15) is 0 Å². The third kappa shape index (κ3) is 4.00. The lowest BCUT2D eigenvalue weighted by atomic mass is 9.97. The third-order valence-electron chi connectivity index (χ3n) is 6.31. The van der Waals surface area contributed by atoms with Gasteiger partial charge in [0.25, 0.3) is 0 Å². The minimum atomic E-state index is 0.133. The van der Waals surface area contributed by atoms with Crippen molar-refractivity contribution in [3.63, 3.8) is 0 Å². The van der Waals surface area contributed by atoms with E-state index in [1.165, 1.54) is 37.8 Å². The minimum absolute atomic E-state index is 0.133. The van der Waals surface area contributed by atoms with Crippen LogP contribution < -0.4 is 5.32 Å². The number of carbonyl (C=O) groups excluding carboxylic acids is 1. The number of nitrogens with zero attached hydrogens (tertiary/aromatic N) is 2. The number of benzene rings is 1. The number of hydrogen-bond acceptors (Lipinski definition) is 2. The molecule has 0 spiro atoms. The van der Waals surface area contributed by atoms with Gasteiger partial charge in [0, 0.05) is 25.2 Å². The molecule has 2 aliphatic heterocycles. The van der Waals surface area contributed by atoms with Gasteiger partial charge in [-0.1, -0.05) is 30.3 Å². The van der Waals surface area contributed by atoms with Gasteiger partial charge in [-0.2, -0.15) is 0 Å². The molecule has 2 amide bonds. The molecule has 1 N–H and O–H groups in total. The standard InChI is InChI=1S/C21H31N3O/c1-16(18-6-3-2-4-7-18)24(15-17-9-10-17)21(25)22-19-11-13-23-12-5-8-20(23)14-19/h2-4,6-7,16-17,19-20H,5,8-15H2,1H3,(H,22,25)/t16-,19-,20-/m1/s1. The van der Waals surface area contributed by atoms with Gasteiger partial charge in [-0.05, 0) is 63.5 Å². The predicted octanol–water partition coefficient (Wildman–Crippen LogP) is 3.80. The SMILES string of the molecule is C[C@H](c1ccccc1)N(CC1CC1)C(=O)N[C@@H]1CCN2CCC[C@@H]2C1. The Labute approximate surface area is 151 Å². The Balaban J connectivity index is 1.41. The third-order valence-corrected chi connectivity index (χ3v) is 6.31. The van der Waals surface area contributed by atoms with E-state index in [9.17, 15) is 4.79 Å². The summed E-state index contributed by atoms with van der Waals surface area (Å²) in [5.74, 6) is 0.702. The van der Waals surface area contributed by atoms with E-state index in [1.54, 1.807) is 0 Å². The molecular formula is C21H31N3O. The molecule has 0 aromatic heterocycles. The van der Waals surface area contributed by atoms with Crippen molar-refractivity contribution in [2.24, 2.45) is 5.92 Å². The fourth-order valence-electron chi connectivity index (χ4n) is 4.52. The number of piperidine rings is 1. The second kappa shape index (κ2) is 7.36. The first-order chi connectivity index (χ1) is 12.2. The van der Waals surface area contributed by atoms with Crippen LogP contribution in [0.2, 0.25) is 0 Å². The first kappa shape index (κ1) is 16.9. The normalized spacial score (nSPS) is 27.6. The number of rotatable bonds is 5. The Morgan fingerprint density at radius 1 is 1.20 bits per heavy atom. The summed E-state index contributed by atoms with van der Waals surface area (Å²) >= 11 is 0. The van der Waals surface area contributed by atoms with Crippen molar-refractivity contribution in [2.75, 3.05) is 19.6 Å². The topological polar surface area (TPSA) is 35.6 Å². The minimum Gasteiger partial charge on any atom is -0.335 e. The van der Waals surface area contributed by atoms with Gasteiger partial charge in [-0.15, -0.1) is 0 Å². The van der Waals surface area contributed by atoms with Crippen LogP contribution in [-0.4, -0.2) is 47.5 Å². The lowest BCUT2D eigenvalue weighted by Gasteiger charge is -2.37. The van der Waals surface area contributed by atoms with E-state index in [0.29, 0.717) is 18.0 Å². The number of nitrogens with one attached hydrogen (secondary N) is 1. The molecule has 0 unspecified atom stereocenters. The molecule has 2 heterocycles. The number of urea groups is 1. The van der Waals surface area contributed by atoms with E-state index >= 15 is 0 Å². The zero-order valence-corrected chi connectivity index (χ0v) is 15.4. The van der Waals surface area contributed by atoms with E-state index in [-0.39, 0.29) is 12.1 Å². The van der Waals surface area contributed by atoms with Gasteiger partial charge in [-0.3, -0.25) is 0 Å². The average Bonchev–Trinajstić information content (AvgIpc) is 3.34. The number of hydrogen-bond donors (Lipinski definition) is 1. The van der Waals surface area contributed by atoms with Crippen LogP contribution in [-0.2, 0) is 0 Å². The number of carbonyl (C=O) groups is 1. The fraction of sp³-hybridized carbons (Fsp3) is 0.667. The highest BCUT2D eigenvalue weighted by atomic mass is 16.2. The van der Waals surface area contributed by atoms with Gasteiger partial charge in [0.05, 0.1) is 6.04 Å². The maximum absolute atomic E-state index is 13.1. The molecule has 1 aliphatic carbocycles. The average molecular weight is 341 g/mol. The van der Waals surface area contributed by atoms with Crippen LogP contribution in [0.15, 0.2) is 30.3 Å². The van der Waals surface area contributed by atoms with Crippen molar-refractivity contribution in [1.82, 2.24) is 15.1 Å². The molecule has 3 fully saturated rings. The van der Waals surface area contributed by atoms with Crippen LogP contribution in [0.1, 0.15) is 57.1 Å². The molecule has 136 valence electrons. The van der Waals surface area contributed by atoms with Gasteiger partial charge in [-0.25, -0.2) is 4.79 Å². The van der Waals surface area contributed by atoms with Crippen LogP contribution >= 0.6 is 0 Å². The van der Waals surface area contributed by atoms with Crippen molar-refractivity contribution in [3.8, 4) is 0 Å². The Morgan fingerprint density at radius 3 is 2.76 bits per heavy atom. The van der Waals surface area contributed by atoms with Crippen LogP contribution in [0.4, 0.5) is 4.79 Å². The second-order valence-electron chi connectivity index (χ2n) is 8.19. The van der Waals surface area contributed by atoms with E-state index in [1.807, 2.05) is 6.07 Å². The molecule has 1 aromatic carbocycles. The summed E-state index contributed by atoms with van der Waals surface area (Å²) in [6.07, 6.45) is 7.39. The van der Waals surface area contributed by atoms with Crippen LogP contribution in [0.25, 0.3) is 0 Å². The van der Waals surface area contributed by atoms with Crippen molar-refractivity contribution in [3.05, 3.63) is 35.9 Å². The smallest absolute Gasteiger partial charge is 0.318 e. The molecule has 3 aliphatic rings. The quantitative estimate of drug-likeness (QED) is 0.884. The molecule has 4 heteroatoms. The summed E-state index contributed by atoms with van der Waals surface area (Å²) in [6, 6.07) is 11.7. The molecule has 0 bridgehead atoms. The molecule has 1 aromatic rings. The van der Waals surface area contributed by atoms with Gasteiger partial charge >= 0.3 is 6.03 Å². The lowest BCUT2D eigenvalue weighted by Crippen LogP contribution is -2.51. The molecule has 1 saturated carbocycles.